The smallest absolute Gasteiger partial charge is 0.124 e. The van der Waals surface area contributed by atoms with Crippen molar-refractivity contribution >= 4 is 0 Å². The van der Waals surface area contributed by atoms with Gasteiger partial charge in [-0.05, 0) is 6.07 Å². The number of ether oxygens (including phenoxy) is 1. The van der Waals surface area contributed by atoms with Gasteiger partial charge in [-0.2, -0.15) is 0 Å². The summed E-state index contributed by atoms with van der Waals surface area (Å²) < 4.78 is 5.09. The molecule has 14 heavy (non-hydrogen) atoms. The average molecular weight is 194 g/mol. The molecule has 0 aliphatic carbocycles. The van der Waals surface area contributed by atoms with E-state index in [0.717, 1.165) is 0 Å². The molecule has 0 bridgehead atoms. The van der Waals surface area contributed by atoms with Gasteiger partial charge in [0.25, 0.3) is 0 Å². The molecule has 1 aromatic rings. The van der Waals surface area contributed by atoms with Crippen LogP contribution in [0.1, 0.15) is 11.7 Å². The van der Waals surface area contributed by atoms with Crippen LogP contribution in [0.4, 0.5) is 0 Å². The summed E-state index contributed by atoms with van der Waals surface area (Å²) in [6.45, 7) is -0.0772. The Labute approximate surface area is 83.3 Å². The predicted molar refractivity (Wildman–Crippen MR) is 54.2 cm³/mol. The van der Waals surface area contributed by atoms with Crippen molar-refractivity contribution < 1.29 is 14.9 Å². The van der Waals surface area contributed by atoms with Gasteiger partial charge < -0.3 is 14.9 Å². The van der Waals surface area contributed by atoms with Gasteiger partial charge in [0.15, 0.2) is 0 Å². The monoisotopic (exact) mass is 194 g/mol. The van der Waals surface area contributed by atoms with Crippen molar-refractivity contribution in [1.29, 1.82) is 0 Å². The van der Waals surface area contributed by atoms with E-state index in [9.17, 15) is 5.11 Å². The summed E-state index contributed by atoms with van der Waals surface area (Å²) in [5.41, 5.74) is 0.694. The topological polar surface area (TPSA) is 49.7 Å². The van der Waals surface area contributed by atoms with Crippen LogP contribution in [-0.4, -0.2) is 23.9 Å². The molecule has 0 amide bonds. The maximum Gasteiger partial charge on any atom is 0.124 e. The average Bonchev–Trinajstić information content (AvgIpc) is 2.25. The second kappa shape index (κ2) is 5.42. The van der Waals surface area contributed by atoms with E-state index in [1.165, 1.54) is 12.2 Å². The Morgan fingerprint density at radius 3 is 2.79 bits per heavy atom. The molecule has 0 spiro atoms. The largest absolute Gasteiger partial charge is 0.496 e. The lowest BCUT2D eigenvalue weighted by molar-refractivity contribution is 0.221. The molecule has 0 radical (unpaired) electrons. The second-order valence-corrected chi connectivity index (χ2v) is 2.80. The third-order valence-electron chi connectivity index (χ3n) is 1.88. The summed E-state index contributed by atoms with van der Waals surface area (Å²) in [6.07, 6.45) is 2.29. The molecule has 2 N–H and O–H groups in total. The van der Waals surface area contributed by atoms with E-state index in [-0.39, 0.29) is 6.61 Å². The first-order chi connectivity index (χ1) is 6.79. The summed E-state index contributed by atoms with van der Waals surface area (Å²) in [4.78, 5) is 0. The number of para-hydroxylation sites is 1. The van der Waals surface area contributed by atoms with Crippen molar-refractivity contribution in [1.82, 2.24) is 0 Å². The Bertz CT molecular complexity index is 307. The van der Waals surface area contributed by atoms with Crippen molar-refractivity contribution in [2.45, 2.75) is 6.10 Å². The van der Waals surface area contributed by atoms with Crippen molar-refractivity contribution in [3.8, 4) is 5.75 Å². The van der Waals surface area contributed by atoms with E-state index >= 15 is 0 Å². The Hall–Kier alpha value is -1.32. The first kappa shape index (κ1) is 10.8. The van der Waals surface area contributed by atoms with E-state index in [0.29, 0.717) is 11.3 Å². The number of rotatable bonds is 4. The summed E-state index contributed by atoms with van der Waals surface area (Å²) >= 11 is 0. The molecule has 0 aliphatic rings. The molecule has 0 saturated carbocycles. The van der Waals surface area contributed by atoms with Crippen LogP contribution in [0.2, 0.25) is 0 Å². The molecule has 0 fully saturated rings. The molecule has 0 saturated heterocycles. The number of aliphatic hydroxyl groups excluding tert-OH is 2. The summed E-state index contributed by atoms with van der Waals surface area (Å²) in [6, 6.07) is 7.23. The molecule has 3 heteroatoms. The van der Waals surface area contributed by atoms with Gasteiger partial charge in [-0.15, -0.1) is 0 Å². The van der Waals surface area contributed by atoms with Crippen molar-refractivity contribution in [2.75, 3.05) is 13.7 Å². The van der Waals surface area contributed by atoms with Gasteiger partial charge in [0.2, 0.25) is 0 Å². The van der Waals surface area contributed by atoms with Crippen molar-refractivity contribution in [3.63, 3.8) is 0 Å². The number of benzene rings is 1. The van der Waals surface area contributed by atoms with Gasteiger partial charge >= 0.3 is 0 Å². The van der Waals surface area contributed by atoms with Gasteiger partial charge in [-0.3, -0.25) is 0 Å². The van der Waals surface area contributed by atoms with E-state index < -0.39 is 6.10 Å². The predicted octanol–water partition coefficient (Wildman–Crippen LogP) is 1.28. The van der Waals surface area contributed by atoms with Gasteiger partial charge in [-0.25, -0.2) is 0 Å². The van der Waals surface area contributed by atoms with E-state index in [4.69, 9.17) is 9.84 Å². The molecular formula is C11H14O3. The van der Waals surface area contributed by atoms with E-state index in [2.05, 4.69) is 0 Å². The molecule has 1 atom stereocenters. The maximum atomic E-state index is 9.69. The van der Waals surface area contributed by atoms with Crippen molar-refractivity contribution in [3.05, 3.63) is 42.0 Å². The molecule has 1 rings (SSSR count). The van der Waals surface area contributed by atoms with Crippen molar-refractivity contribution in [2.24, 2.45) is 0 Å². The number of methoxy groups -OCH3 is 1. The fourth-order valence-corrected chi connectivity index (χ4v) is 1.20. The van der Waals surface area contributed by atoms with Crippen LogP contribution in [0.5, 0.6) is 5.75 Å². The quantitative estimate of drug-likeness (QED) is 0.710. The van der Waals surface area contributed by atoms with Gasteiger partial charge in [0.05, 0.1) is 13.7 Å². The minimum Gasteiger partial charge on any atom is -0.496 e. The first-order valence-electron chi connectivity index (χ1n) is 4.38. The fourth-order valence-electron chi connectivity index (χ4n) is 1.20. The number of aliphatic hydroxyl groups is 2. The lowest BCUT2D eigenvalue weighted by Gasteiger charge is -2.10. The van der Waals surface area contributed by atoms with E-state index in [1.807, 2.05) is 12.1 Å². The highest BCUT2D eigenvalue weighted by Gasteiger charge is 2.08. The normalized spacial score (nSPS) is 13.1. The molecule has 0 heterocycles. The zero-order chi connectivity index (χ0) is 10.4. The summed E-state index contributed by atoms with van der Waals surface area (Å²) in [5.74, 6) is 0.641. The van der Waals surface area contributed by atoms with Crippen LogP contribution in [0.25, 0.3) is 0 Å². The lowest BCUT2D eigenvalue weighted by Crippen LogP contribution is -1.97. The van der Waals surface area contributed by atoms with Crippen LogP contribution in [0.3, 0.4) is 0 Å². The SMILES string of the molecule is COc1ccccc1C(O)/C=C\CO. The summed E-state index contributed by atoms with van der Waals surface area (Å²) in [5, 5.41) is 18.2. The Kier molecular flexibility index (Phi) is 4.16. The first-order valence-corrected chi connectivity index (χ1v) is 4.38. The molecule has 76 valence electrons. The zero-order valence-electron chi connectivity index (χ0n) is 8.05. The molecule has 1 unspecified atom stereocenters. The Morgan fingerprint density at radius 2 is 2.14 bits per heavy atom. The fraction of sp³-hybridized carbons (Fsp3) is 0.273. The minimum absolute atomic E-state index is 0.0772. The molecule has 0 aliphatic heterocycles. The van der Waals surface area contributed by atoms with Gasteiger partial charge in [0, 0.05) is 5.56 Å². The van der Waals surface area contributed by atoms with Crippen LogP contribution in [0, 0.1) is 0 Å². The third kappa shape index (κ3) is 2.58. The number of hydrogen-bond acceptors (Lipinski definition) is 3. The van der Waals surface area contributed by atoms with Gasteiger partial charge in [0.1, 0.15) is 11.9 Å². The minimum atomic E-state index is -0.738. The second-order valence-electron chi connectivity index (χ2n) is 2.80. The highest BCUT2D eigenvalue weighted by molar-refractivity contribution is 5.36. The lowest BCUT2D eigenvalue weighted by atomic mass is 10.1. The summed E-state index contributed by atoms with van der Waals surface area (Å²) in [7, 11) is 1.56. The standard InChI is InChI=1S/C11H14O3/c1-14-11-7-3-2-5-9(11)10(13)6-4-8-12/h2-7,10,12-13H,8H2,1H3/b6-4-. The zero-order valence-corrected chi connectivity index (χ0v) is 8.05. The molecule has 3 nitrogen and oxygen atoms in total. The highest BCUT2D eigenvalue weighted by atomic mass is 16.5. The molecular weight excluding hydrogens is 180 g/mol. The van der Waals surface area contributed by atoms with E-state index in [1.54, 1.807) is 19.2 Å². The van der Waals surface area contributed by atoms with Crippen LogP contribution < -0.4 is 4.74 Å². The Morgan fingerprint density at radius 1 is 1.43 bits per heavy atom. The van der Waals surface area contributed by atoms with Crippen LogP contribution >= 0.6 is 0 Å². The van der Waals surface area contributed by atoms with Crippen LogP contribution in [0.15, 0.2) is 36.4 Å². The van der Waals surface area contributed by atoms with Crippen LogP contribution in [-0.2, 0) is 0 Å². The highest BCUT2D eigenvalue weighted by Crippen LogP contribution is 2.25. The maximum absolute atomic E-state index is 9.69. The number of hydrogen-bond donors (Lipinski definition) is 2. The molecule has 1 aromatic carbocycles. The molecule has 0 aromatic heterocycles. The third-order valence-corrected chi connectivity index (χ3v) is 1.88. The van der Waals surface area contributed by atoms with Gasteiger partial charge in [-0.1, -0.05) is 30.4 Å². The Balaban J connectivity index is 2.88.